The van der Waals surface area contributed by atoms with E-state index in [1.807, 2.05) is 0 Å². The predicted octanol–water partition coefficient (Wildman–Crippen LogP) is 0.719. The summed E-state index contributed by atoms with van der Waals surface area (Å²) in [6, 6.07) is -0.233. The average molecular weight is 214 g/mol. The Balaban J connectivity index is 4.33. The summed E-state index contributed by atoms with van der Waals surface area (Å²) in [5, 5.41) is 0. The van der Waals surface area contributed by atoms with Crippen LogP contribution in [-0.2, 0) is 9.53 Å². The van der Waals surface area contributed by atoms with Gasteiger partial charge in [-0.05, 0) is 6.92 Å². The molecule has 86 valence electrons. The van der Waals surface area contributed by atoms with Crippen molar-refractivity contribution in [1.82, 2.24) is 9.80 Å². The Kier molecular flexibility index (Phi) is 6.17. The fraction of sp³-hybridized carbons (Fsp3) is 0.600. The van der Waals surface area contributed by atoms with E-state index in [1.54, 1.807) is 27.1 Å². The first-order valence-electron chi connectivity index (χ1n) is 4.75. The van der Waals surface area contributed by atoms with Gasteiger partial charge in [-0.2, -0.15) is 0 Å². The van der Waals surface area contributed by atoms with Gasteiger partial charge in [-0.25, -0.2) is 4.79 Å². The first-order chi connectivity index (χ1) is 7.02. The molecule has 0 saturated heterocycles. The van der Waals surface area contributed by atoms with Crippen molar-refractivity contribution in [2.75, 3.05) is 33.8 Å². The van der Waals surface area contributed by atoms with Crippen LogP contribution in [0.15, 0.2) is 12.7 Å². The minimum Gasteiger partial charge on any atom is -0.465 e. The number of rotatable bonds is 5. The maximum absolute atomic E-state index is 11.6. The standard InChI is InChI=1S/C10H18N2O3/c1-5-7-12(10(14)11(3)4)8-9(13)15-6-2/h5H,1,6-8H2,2-4H3. The Morgan fingerprint density at radius 3 is 2.40 bits per heavy atom. The van der Waals surface area contributed by atoms with E-state index in [4.69, 9.17) is 4.74 Å². The summed E-state index contributed by atoms with van der Waals surface area (Å²) in [5.41, 5.74) is 0. The molecule has 0 saturated carbocycles. The van der Waals surface area contributed by atoms with E-state index in [0.717, 1.165) is 0 Å². The minimum atomic E-state index is -0.408. The molecule has 0 heterocycles. The topological polar surface area (TPSA) is 49.9 Å². The van der Waals surface area contributed by atoms with E-state index in [-0.39, 0.29) is 12.6 Å². The smallest absolute Gasteiger partial charge is 0.325 e. The Morgan fingerprint density at radius 2 is 2.00 bits per heavy atom. The first-order valence-corrected chi connectivity index (χ1v) is 4.75. The van der Waals surface area contributed by atoms with Gasteiger partial charge < -0.3 is 14.5 Å². The number of nitrogens with zero attached hydrogens (tertiary/aromatic N) is 2. The Morgan fingerprint density at radius 1 is 1.40 bits per heavy atom. The molecule has 0 spiro atoms. The number of urea groups is 1. The summed E-state index contributed by atoms with van der Waals surface area (Å²) in [5.74, 6) is -0.408. The lowest BCUT2D eigenvalue weighted by Gasteiger charge is -2.23. The second-order valence-electron chi connectivity index (χ2n) is 3.15. The Hall–Kier alpha value is -1.52. The molecule has 0 fully saturated rings. The minimum absolute atomic E-state index is 0.0448. The van der Waals surface area contributed by atoms with Crippen molar-refractivity contribution >= 4 is 12.0 Å². The summed E-state index contributed by atoms with van der Waals surface area (Å²) in [6.45, 7) is 5.86. The van der Waals surface area contributed by atoms with Gasteiger partial charge in [0.15, 0.2) is 0 Å². The zero-order valence-corrected chi connectivity index (χ0v) is 9.52. The fourth-order valence-electron chi connectivity index (χ4n) is 1.01. The Bertz CT molecular complexity index is 239. The van der Waals surface area contributed by atoms with Gasteiger partial charge >= 0.3 is 12.0 Å². The molecule has 0 rings (SSSR count). The highest BCUT2D eigenvalue weighted by atomic mass is 16.5. The van der Waals surface area contributed by atoms with Crippen LogP contribution in [0.25, 0.3) is 0 Å². The van der Waals surface area contributed by atoms with Crippen molar-refractivity contribution in [2.45, 2.75) is 6.92 Å². The lowest BCUT2D eigenvalue weighted by Crippen LogP contribution is -2.42. The summed E-state index contributed by atoms with van der Waals surface area (Å²) >= 11 is 0. The zero-order valence-electron chi connectivity index (χ0n) is 9.52. The number of ether oxygens (including phenoxy) is 1. The summed E-state index contributed by atoms with van der Waals surface area (Å²) in [6.07, 6.45) is 1.57. The fourth-order valence-corrected chi connectivity index (χ4v) is 1.01. The molecule has 0 aromatic rings. The van der Waals surface area contributed by atoms with E-state index >= 15 is 0 Å². The van der Waals surface area contributed by atoms with E-state index in [2.05, 4.69) is 6.58 Å². The molecule has 0 aromatic carbocycles. The number of carbonyl (C=O) groups is 2. The molecule has 0 radical (unpaired) electrons. The summed E-state index contributed by atoms with van der Waals surface area (Å²) in [7, 11) is 3.26. The normalized spacial score (nSPS) is 9.27. The lowest BCUT2D eigenvalue weighted by molar-refractivity contribution is -0.143. The average Bonchev–Trinajstić information content (AvgIpc) is 2.16. The molecule has 0 aliphatic carbocycles. The number of hydrogen-bond acceptors (Lipinski definition) is 3. The molecule has 15 heavy (non-hydrogen) atoms. The van der Waals surface area contributed by atoms with Crippen molar-refractivity contribution in [2.24, 2.45) is 0 Å². The first kappa shape index (κ1) is 13.5. The van der Waals surface area contributed by atoms with Gasteiger partial charge in [0.1, 0.15) is 6.54 Å². The molecule has 0 aliphatic heterocycles. The number of amides is 2. The van der Waals surface area contributed by atoms with Crippen molar-refractivity contribution in [1.29, 1.82) is 0 Å². The highest BCUT2D eigenvalue weighted by Gasteiger charge is 2.17. The molecular weight excluding hydrogens is 196 g/mol. The molecule has 0 aromatic heterocycles. The quantitative estimate of drug-likeness (QED) is 0.500. The van der Waals surface area contributed by atoms with Gasteiger partial charge in [0.05, 0.1) is 6.61 Å². The predicted molar refractivity (Wildman–Crippen MR) is 57.5 cm³/mol. The highest BCUT2D eigenvalue weighted by molar-refractivity contribution is 5.80. The highest BCUT2D eigenvalue weighted by Crippen LogP contribution is 1.96. The lowest BCUT2D eigenvalue weighted by atomic mass is 10.4. The molecule has 0 bridgehead atoms. The molecule has 0 unspecified atom stereocenters. The molecule has 0 N–H and O–H groups in total. The van der Waals surface area contributed by atoms with E-state index in [9.17, 15) is 9.59 Å². The number of carbonyl (C=O) groups excluding carboxylic acids is 2. The van der Waals surface area contributed by atoms with Gasteiger partial charge in [0.2, 0.25) is 0 Å². The van der Waals surface area contributed by atoms with Crippen LogP contribution >= 0.6 is 0 Å². The van der Waals surface area contributed by atoms with Crippen molar-refractivity contribution < 1.29 is 14.3 Å². The maximum atomic E-state index is 11.6. The molecule has 0 aliphatic rings. The third-order valence-electron chi connectivity index (χ3n) is 1.63. The number of esters is 1. The van der Waals surface area contributed by atoms with Crippen LogP contribution in [0.2, 0.25) is 0 Å². The van der Waals surface area contributed by atoms with Gasteiger partial charge in [0.25, 0.3) is 0 Å². The number of hydrogen-bond donors (Lipinski definition) is 0. The van der Waals surface area contributed by atoms with E-state index in [0.29, 0.717) is 13.2 Å². The van der Waals surface area contributed by atoms with Crippen LogP contribution in [0.1, 0.15) is 6.92 Å². The van der Waals surface area contributed by atoms with Crippen molar-refractivity contribution in [3.8, 4) is 0 Å². The molecule has 5 heteroatoms. The third kappa shape index (κ3) is 5.05. The van der Waals surface area contributed by atoms with Crippen LogP contribution < -0.4 is 0 Å². The van der Waals surface area contributed by atoms with Gasteiger partial charge in [0, 0.05) is 20.6 Å². The van der Waals surface area contributed by atoms with Crippen LogP contribution in [0.3, 0.4) is 0 Å². The molecule has 0 atom stereocenters. The summed E-state index contributed by atoms with van der Waals surface area (Å²) < 4.78 is 4.76. The van der Waals surface area contributed by atoms with Crippen molar-refractivity contribution in [3.63, 3.8) is 0 Å². The largest absolute Gasteiger partial charge is 0.465 e. The van der Waals surface area contributed by atoms with Crippen LogP contribution in [0.5, 0.6) is 0 Å². The molecular formula is C10H18N2O3. The van der Waals surface area contributed by atoms with Gasteiger partial charge in [-0.1, -0.05) is 6.08 Å². The van der Waals surface area contributed by atoms with Gasteiger partial charge in [-0.15, -0.1) is 6.58 Å². The second-order valence-corrected chi connectivity index (χ2v) is 3.15. The maximum Gasteiger partial charge on any atom is 0.325 e. The molecule has 5 nitrogen and oxygen atoms in total. The van der Waals surface area contributed by atoms with E-state index < -0.39 is 5.97 Å². The van der Waals surface area contributed by atoms with Crippen molar-refractivity contribution in [3.05, 3.63) is 12.7 Å². The SMILES string of the molecule is C=CCN(CC(=O)OCC)C(=O)N(C)C. The van der Waals surface area contributed by atoms with E-state index in [1.165, 1.54) is 9.80 Å². The van der Waals surface area contributed by atoms with Crippen LogP contribution in [-0.4, -0.2) is 55.6 Å². The Labute approximate surface area is 90.3 Å². The zero-order chi connectivity index (χ0) is 11.8. The third-order valence-corrected chi connectivity index (χ3v) is 1.63. The summed E-state index contributed by atoms with van der Waals surface area (Å²) in [4.78, 5) is 25.5. The second kappa shape index (κ2) is 6.86. The van der Waals surface area contributed by atoms with Gasteiger partial charge in [-0.3, -0.25) is 4.79 Å². The molecule has 2 amide bonds. The van der Waals surface area contributed by atoms with Crippen LogP contribution in [0, 0.1) is 0 Å². The monoisotopic (exact) mass is 214 g/mol. The van der Waals surface area contributed by atoms with Crippen LogP contribution in [0.4, 0.5) is 4.79 Å².